The van der Waals surface area contributed by atoms with Crippen LogP contribution < -0.4 is 0 Å². The van der Waals surface area contributed by atoms with Crippen molar-refractivity contribution in [3.8, 4) is 0 Å². The molecule has 0 spiro atoms. The van der Waals surface area contributed by atoms with Gasteiger partial charge in [-0.1, -0.05) is 68.1 Å². The van der Waals surface area contributed by atoms with E-state index in [0.717, 1.165) is 18.7 Å². The second-order valence-corrected chi connectivity index (χ2v) is 5.90. The Balaban J connectivity index is 2.06. The maximum absolute atomic E-state index is 5.97. The summed E-state index contributed by atoms with van der Waals surface area (Å²) in [7, 11) is 0. The van der Waals surface area contributed by atoms with Crippen molar-refractivity contribution < 1.29 is 0 Å². The zero-order chi connectivity index (χ0) is 12.8. The van der Waals surface area contributed by atoms with Crippen LogP contribution in [0, 0.1) is 0 Å². The standard InChI is InChI=1S/C14H20Cl2N2/c15-12-10-13(16)18-14(17-12)11-8-6-4-2-1-3-5-7-9-11/h10-11H,1-9H2. The quantitative estimate of drug-likeness (QED) is 0.647. The van der Waals surface area contributed by atoms with Crippen LogP contribution in [0.25, 0.3) is 0 Å². The molecule has 0 bridgehead atoms. The molecule has 2 nitrogen and oxygen atoms in total. The van der Waals surface area contributed by atoms with Crippen molar-refractivity contribution in [3.63, 3.8) is 0 Å². The summed E-state index contributed by atoms with van der Waals surface area (Å²) in [6, 6.07) is 1.60. The van der Waals surface area contributed by atoms with Crippen LogP contribution in [0.3, 0.4) is 0 Å². The number of halogens is 2. The fraction of sp³-hybridized carbons (Fsp3) is 0.714. The smallest absolute Gasteiger partial charge is 0.134 e. The van der Waals surface area contributed by atoms with Gasteiger partial charge in [-0.15, -0.1) is 0 Å². The van der Waals surface area contributed by atoms with E-state index in [1.807, 2.05) is 0 Å². The highest BCUT2D eigenvalue weighted by Gasteiger charge is 2.16. The van der Waals surface area contributed by atoms with Crippen LogP contribution in [-0.4, -0.2) is 9.97 Å². The van der Waals surface area contributed by atoms with Gasteiger partial charge in [-0.25, -0.2) is 9.97 Å². The van der Waals surface area contributed by atoms with Crippen LogP contribution in [0.15, 0.2) is 6.07 Å². The van der Waals surface area contributed by atoms with Gasteiger partial charge in [-0.05, 0) is 12.8 Å². The predicted molar refractivity (Wildman–Crippen MR) is 76.3 cm³/mol. The third kappa shape index (κ3) is 4.40. The molecule has 1 fully saturated rings. The third-order valence-electron chi connectivity index (χ3n) is 3.65. The Bertz CT molecular complexity index is 352. The van der Waals surface area contributed by atoms with Crippen LogP contribution in [0.5, 0.6) is 0 Å². The summed E-state index contributed by atoms with van der Waals surface area (Å²) in [5, 5.41) is 0.921. The van der Waals surface area contributed by atoms with Crippen molar-refractivity contribution in [2.75, 3.05) is 0 Å². The summed E-state index contributed by atoms with van der Waals surface area (Å²) in [6.07, 6.45) is 11.6. The molecule has 100 valence electrons. The number of aromatic nitrogens is 2. The first-order valence-electron chi connectivity index (χ1n) is 6.95. The molecule has 0 aromatic carbocycles. The highest BCUT2D eigenvalue weighted by Crippen LogP contribution is 2.29. The van der Waals surface area contributed by atoms with Gasteiger partial charge >= 0.3 is 0 Å². The molecule has 0 saturated heterocycles. The number of nitrogens with zero attached hydrogens (tertiary/aromatic N) is 2. The van der Waals surface area contributed by atoms with Crippen molar-refractivity contribution >= 4 is 23.2 Å². The Morgan fingerprint density at radius 1 is 0.778 bits per heavy atom. The predicted octanol–water partition coefficient (Wildman–Crippen LogP) is 5.39. The second kappa shape index (κ2) is 7.30. The molecule has 1 heterocycles. The summed E-state index contributed by atoms with van der Waals surface area (Å²) in [5.41, 5.74) is 0. The minimum absolute atomic E-state index is 0.430. The third-order valence-corrected chi connectivity index (χ3v) is 4.04. The van der Waals surface area contributed by atoms with Crippen molar-refractivity contribution in [3.05, 3.63) is 22.2 Å². The average Bonchev–Trinajstić information content (AvgIpc) is 2.34. The first-order chi connectivity index (χ1) is 8.75. The number of hydrogen-bond acceptors (Lipinski definition) is 2. The second-order valence-electron chi connectivity index (χ2n) is 5.12. The maximum Gasteiger partial charge on any atom is 0.134 e. The van der Waals surface area contributed by atoms with Gasteiger partial charge < -0.3 is 0 Å². The number of hydrogen-bond donors (Lipinski definition) is 0. The molecule has 1 aliphatic rings. The molecule has 0 unspecified atom stereocenters. The van der Waals surface area contributed by atoms with Crippen molar-refractivity contribution in [1.29, 1.82) is 0 Å². The molecule has 2 rings (SSSR count). The molecule has 18 heavy (non-hydrogen) atoms. The lowest BCUT2D eigenvalue weighted by Gasteiger charge is -2.17. The molecule has 4 heteroatoms. The molecule has 1 aromatic rings. The summed E-state index contributed by atoms with van der Waals surface area (Å²) < 4.78 is 0. The average molecular weight is 287 g/mol. The SMILES string of the molecule is Clc1cc(Cl)nc(C2CCCCCCCCC2)n1. The summed E-state index contributed by atoms with van der Waals surface area (Å²) in [5.74, 6) is 1.27. The molecule has 0 radical (unpaired) electrons. The van der Waals surface area contributed by atoms with E-state index in [4.69, 9.17) is 23.2 Å². The Morgan fingerprint density at radius 2 is 1.22 bits per heavy atom. The molecule has 0 N–H and O–H groups in total. The van der Waals surface area contributed by atoms with Crippen LogP contribution >= 0.6 is 23.2 Å². The van der Waals surface area contributed by atoms with Gasteiger partial charge in [0.05, 0.1) is 0 Å². The van der Waals surface area contributed by atoms with E-state index in [1.54, 1.807) is 6.07 Å². The molecule has 1 aliphatic carbocycles. The Labute approximate surface area is 119 Å². The van der Waals surface area contributed by atoms with E-state index >= 15 is 0 Å². The van der Waals surface area contributed by atoms with Crippen LogP contribution in [0.2, 0.25) is 10.3 Å². The lowest BCUT2D eigenvalue weighted by molar-refractivity contribution is 0.450. The van der Waals surface area contributed by atoms with Gasteiger partial charge in [0.15, 0.2) is 0 Å². The van der Waals surface area contributed by atoms with Crippen molar-refractivity contribution in [2.24, 2.45) is 0 Å². The lowest BCUT2D eigenvalue weighted by Crippen LogP contribution is -2.06. The fourth-order valence-corrected chi connectivity index (χ4v) is 3.09. The van der Waals surface area contributed by atoms with E-state index in [0.29, 0.717) is 16.2 Å². The molecule has 0 atom stereocenters. The van der Waals surface area contributed by atoms with Crippen molar-refractivity contribution in [1.82, 2.24) is 9.97 Å². The van der Waals surface area contributed by atoms with Gasteiger partial charge in [0, 0.05) is 12.0 Å². The molecule has 0 amide bonds. The van der Waals surface area contributed by atoms with E-state index < -0.39 is 0 Å². The highest BCUT2D eigenvalue weighted by molar-refractivity contribution is 6.33. The normalized spacial score (nSPS) is 19.7. The minimum atomic E-state index is 0.430. The maximum atomic E-state index is 5.97. The summed E-state index contributed by atoms with van der Waals surface area (Å²) in [6.45, 7) is 0. The van der Waals surface area contributed by atoms with Crippen LogP contribution in [0.1, 0.15) is 69.5 Å². The van der Waals surface area contributed by atoms with E-state index in [1.165, 1.54) is 44.9 Å². The van der Waals surface area contributed by atoms with Gasteiger partial charge in [0.2, 0.25) is 0 Å². The zero-order valence-electron chi connectivity index (χ0n) is 10.7. The molecular weight excluding hydrogens is 267 g/mol. The van der Waals surface area contributed by atoms with Gasteiger partial charge in [-0.2, -0.15) is 0 Å². The lowest BCUT2D eigenvalue weighted by atomic mass is 9.91. The monoisotopic (exact) mass is 286 g/mol. The van der Waals surface area contributed by atoms with Crippen LogP contribution in [-0.2, 0) is 0 Å². The summed E-state index contributed by atoms with van der Waals surface area (Å²) >= 11 is 11.9. The van der Waals surface area contributed by atoms with Gasteiger partial charge in [0.1, 0.15) is 16.1 Å². The first-order valence-corrected chi connectivity index (χ1v) is 7.71. The van der Waals surface area contributed by atoms with E-state index in [-0.39, 0.29) is 0 Å². The van der Waals surface area contributed by atoms with Crippen molar-refractivity contribution in [2.45, 2.75) is 63.7 Å². The van der Waals surface area contributed by atoms with E-state index in [2.05, 4.69) is 9.97 Å². The Morgan fingerprint density at radius 3 is 1.72 bits per heavy atom. The Hall–Kier alpha value is -0.340. The Kier molecular flexibility index (Phi) is 5.71. The topological polar surface area (TPSA) is 25.8 Å². The number of rotatable bonds is 1. The largest absolute Gasteiger partial charge is 0.221 e. The highest BCUT2D eigenvalue weighted by atomic mass is 35.5. The van der Waals surface area contributed by atoms with Gasteiger partial charge in [0.25, 0.3) is 0 Å². The van der Waals surface area contributed by atoms with Crippen LogP contribution in [0.4, 0.5) is 0 Å². The minimum Gasteiger partial charge on any atom is -0.221 e. The van der Waals surface area contributed by atoms with Gasteiger partial charge in [-0.3, -0.25) is 0 Å². The molecule has 0 aliphatic heterocycles. The first kappa shape index (κ1) is 14.1. The fourth-order valence-electron chi connectivity index (χ4n) is 2.66. The molecular formula is C14H20Cl2N2. The molecule has 1 saturated carbocycles. The summed E-state index contributed by atoms with van der Waals surface area (Å²) in [4.78, 5) is 8.71. The molecule has 1 aromatic heterocycles. The zero-order valence-corrected chi connectivity index (χ0v) is 12.2. The van der Waals surface area contributed by atoms with E-state index in [9.17, 15) is 0 Å².